The predicted molar refractivity (Wildman–Crippen MR) is 364 cm³/mol. The lowest BCUT2D eigenvalue weighted by Crippen LogP contribution is -2.65. The summed E-state index contributed by atoms with van der Waals surface area (Å²) in [6.45, 7) is 2.80. The number of aliphatic hydroxyl groups excluding tert-OH is 8. The van der Waals surface area contributed by atoms with Gasteiger partial charge in [-0.1, -0.05) is 286 Å². The van der Waals surface area contributed by atoms with Gasteiger partial charge < -0.3 is 65.1 Å². The summed E-state index contributed by atoms with van der Waals surface area (Å²) < 4.78 is 22.9. The number of unbranched alkanes of at least 4 members (excludes halogenated alkanes) is 37. The molecule has 2 fully saturated rings. The molecule has 0 radical (unpaired) electrons. The van der Waals surface area contributed by atoms with E-state index in [-0.39, 0.29) is 18.9 Å². The van der Waals surface area contributed by atoms with Crippen LogP contribution in [0.1, 0.15) is 303 Å². The number of allylic oxidation sites excluding steroid dienone is 11. The van der Waals surface area contributed by atoms with Crippen LogP contribution >= 0.6 is 0 Å². The average Bonchev–Trinajstić information content (AvgIpc) is 2.51. The summed E-state index contributed by atoms with van der Waals surface area (Å²) in [4.78, 5) is 13.3. The second-order valence-electron chi connectivity index (χ2n) is 25.7. The molecule has 1 amide bonds. The number of aliphatic hydroxyl groups is 8. The Hall–Kier alpha value is -2.57. The second-order valence-corrected chi connectivity index (χ2v) is 25.7. The molecule has 12 unspecified atom stereocenters. The molecule has 0 saturated carbocycles. The fourth-order valence-electron chi connectivity index (χ4n) is 11.7. The van der Waals surface area contributed by atoms with Crippen LogP contribution in [0.5, 0.6) is 0 Å². The number of nitrogens with one attached hydrogen (secondary N) is 1. The zero-order valence-electron chi connectivity index (χ0n) is 56.4. The zero-order chi connectivity index (χ0) is 64.5. The Morgan fingerprint density at radius 2 is 0.753 bits per heavy atom. The molecule has 0 aromatic heterocycles. The minimum absolute atomic E-state index is 0.253. The van der Waals surface area contributed by atoms with Crippen LogP contribution < -0.4 is 5.32 Å². The minimum Gasteiger partial charge on any atom is -0.394 e. The molecule has 89 heavy (non-hydrogen) atoms. The highest BCUT2D eigenvalue weighted by molar-refractivity contribution is 5.76. The lowest BCUT2D eigenvalue weighted by atomic mass is 9.97. The van der Waals surface area contributed by atoms with Crippen LogP contribution in [0, 0.1) is 0 Å². The smallest absolute Gasteiger partial charge is 0.220 e. The lowest BCUT2D eigenvalue weighted by molar-refractivity contribution is -0.359. The van der Waals surface area contributed by atoms with Crippen molar-refractivity contribution in [3.63, 3.8) is 0 Å². The number of hydrogen-bond acceptors (Lipinski definition) is 13. The third kappa shape index (κ3) is 43.1. The Labute approximate surface area is 542 Å². The van der Waals surface area contributed by atoms with Crippen LogP contribution in [0.3, 0.4) is 0 Å². The average molecular weight is 1260 g/mol. The fourth-order valence-corrected chi connectivity index (χ4v) is 11.7. The first kappa shape index (κ1) is 82.5. The SMILES string of the molecule is CCCCCCC/C=C\C/C=C\C/C=C\CCCCCCCCCCCCCCCCC(=O)NC(COC1OC(CO)C(OC2OC(CO)C(O)C(O)C2O)C(O)C1O)C(O)/C=C/CC/C=C/CC/C=C/CCCCCCCCCCCCCCCCCC. The van der Waals surface area contributed by atoms with Gasteiger partial charge in [0, 0.05) is 6.42 Å². The van der Waals surface area contributed by atoms with Crippen molar-refractivity contribution in [2.75, 3.05) is 19.8 Å². The maximum atomic E-state index is 13.3. The van der Waals surface area contributed by atoms with Crippen LogP contribution in [0.25, 0.3) is 0 Å². The lowest BCUT2D eigenvalue weighted by Gasteiger charge is -2.46. The highest BCUT2D eigenvalue weighted by Gasteiger charge is 2.51. The molecule has 12 atom stereocenters. The van der Waals surface area contributed by atoms with Gasteiger partial charge in [-0.25, -0.2) is 0 Å². The van der Waals surface area contributed by atoms with Crippen molar-refractivity contribution in [2.45, 2.75) is 376 Å². The Morgan fingerprint density at radius 1 is 0.404 bits per heavy atom. The van der Waals surface area contributed by atoms with Crippen LogP contribution in [0.2, 0.25) is 0 Å². The molecule has 14 heteroatoms. The number of ether oxygens (including phenoxy) is 4. The van der Waals surface area contributed by atoms with E-state index in [0.29, 0.717) is 12.8 Å². The van der Waals surface area contributed by atoms with Crippen LogP contribution in [-0.4, -0.2) is 140 Å². The second kappa shape index (κ2) is 59.2. The van der Waals surface area contributed by atoms with Gasteiger partial charge in [-0.15, -0.1) is 0 Å². The van der Waals surface area contributed by atoms with E-state index in [4.69, 9.17) is 18.9 Å². The molecule has 0 aliphatic carbocycles. The maximum absolute atomic E-state index is 13.3. The van der Waals surface area contributed by atoms with Gasteiger partial charge >= 0.3 is 0 Å². The standard InChI is InChI=1S/C75H135NO13/c1-3-5-7-9-11-13-15-17-19-21-23-25-27-29-31-32-33-35-37-39-41-43-45-47-49-51-53-55-57-59-67(80)76-63(62-86-74-72(85)70(83)73(66(61-78)88-74)89-75-71(84)69(82)68(81)65(60-77)87-75)64(79)58-56-54-52-50-48-46-44-42-40-38-36-34-30-28-26-24-22-20-18-16-14-12-10-8-6-4-2/h15,17,21,23,27,29,40,42,48,50,56,58,63-66,68-75,77-79,81-85H,3-14,16,18-20,22,24-26,28,30-39,41,43-47,49,51-55,57,59-62H2,1-2H3,(H,76,80)/b17-15-,23-21-,29-27-,42-40+,50-48+,58-56+. The minimum atomic E-state index is -1.80. The number of amides is 1. The van der Waals surface area contributed by atoms with Crippen molar-refractivity contribution in [3.8, 4) is 0 Å². The Balaban J connectivity index is 1.69. The Morgan fingerprint density at radius 3 is 1.18 bits per heavy atom. The third-order valence-corrected chi connectivity index (χ3v) is 17.6. The topological polar surface area (TPSA) is 228 Å². The molecular weight excluding hydrogens is 1120 g/mol. The first-order valence-electron chi connectivity index (χ1n) is 36.7. The zero-order valence-corrected chi connectivity index (χ0v) is 56.4. The highest BCUT2D eigenvalue weighted by atomic mass is 16.7. The molecule has 2 saturated heterocycles. The van der Waals surface area contributed by atoms with Gasteiger partial charge in [-0.3, -0.25) is 4.79 Å². The first-order chi connectivity index (χ1) is 43.6. The molecule has 518 valence electrons. The summed E-state index contributed by atoms with van der Waals surface area (Å²) in [5.41, 5.74) is 0. The van der Waals surface area contributed by atoms with Crippen molar-refractivity contribution in [2.24, 2.45) is 0 Å². The summed E-state index contributed by atoms with van der Waals surface area (Å²) >= 11 is 0. The van der Waals surface area contributed by atoms with Crippen molar-refractivity contribution in [1.29, 1.82) is 0 Å². The van der Waals surface area contributed by atoms with Crippen LogP contribution in [0.4, 0.5) is 0 Å². The molecule has 0 aromatic carbocycles. The Bertz CT molecular complexity index is 1770. The summed E-state index contributed by atoms with van der Waals surface area (Å²) in [6.07, 6.45) is 63.9. The number of carbonyl (C=O) groups excluding carboxylic acids is 1. The van der Waals surface area contributed by atoms with Crippen molar-refractivity contribution in [3.05, 3.63) is 72.9 Å². The highest BCUT2D eigenvalue weighted by Crippen LogP contribution is 2.30. The summed E-state index contributed by atoms with van der Waals surface area (Å²) in [7, 11) is 0. The van der Waals surface area contributed by atoms with Crippen LogP contribution in [-0.2, 0) is 23.7 Å². The van der Waals surface area contributed by atoms with Crippen molar-refractivity contribution in [1.82, 2.24) is 5.32 Å². The molecule has 14 nitrogen and oxygen atoms in total. The molecule has 0 spiro atoms. The molecule has 9 N–H and O–H groups in total. The molecular formula is C75H135NO13. The van der Waals surface area contributed by atoms with Gasteiger partial charge in [-0.2, -0.15) is 0 Å². The van der Waals surface area contributed by atoms with Gasteiger partial charge in [0.05, 0.1) is 32.0 Å². The number of hydrogen-bond donors (Lipinski definition) is 9. The summed E-state index contributed by atoms with van der Waals surface area (Å²) in [6, 6.07) is -0.943. The normalized spacial score (nSPS) is 23.4. The molecule has 2 aliphatic heterocycles. The predicted octanol–water partition coefficient (Wildman–Crippen LogP) is 15.4. The van der Waals surface area contributed by atoms with E-state index >= 15 is 0 Å². The van der Waals surface area contributed by atoms with Crippen molar-refractivity contribution < 1.29 is 64.6 Å². The van der Waals surface area contributed by atoms with Crippen LogP contribution in [0.15, 0.2) is 72.9 Å². The number of carbonyl (C=O) groups is 1. The monoisotopic (exact) mass is 1260 g/mol. The largest absolute Gasteiger partial charge is 0.394 e. The van der Waals surface area contributed by atoms with Gasteiger partial charge in [0.25, 0.3) is 0 Å². The van der Waals surface area contributed by atoms with E-state index < -0.39 is 86.8 Å². The van der Waals surface area contributed by atoms with E-state index in [0.717, 1.165) is 57.8 Å². The summed E-state index contributed by atoms with van der Waals surface area (Å²) in [5, 5.41) is 87.5. The van der Waals surface area contributed by atoms with E-state index in [1.54, 1.807) is 6.08 Å². The molecule has 0 aromatic rings. The molecule has 2 aliphatic rings. The molecule has 2 heterocycles. The van der Waals surface area contributed by atoms with Gasteiger partial charge in [0.15, 0.2) is 12.6 Å². The molecule has 0 bridgehead atoms. The third-order valence-electron chi connectivity index (χ3n) is 17.6. The first-order valence-corrected chi connectivity index (χ1v) is 36.7. The Kier molecular flexibility index (Phi) is 54.9. The maximum Gasteiger partial charge on any atom is 0.220 e. The quantitative estimate of drug-likeness (QED) is 0.0204. The van der Waals surface area contributed by atoms with Crippen molar-refractivity contribution >= 4 is 5.91 Å². The van der Waals surface area contributed by atoms with E-state index in [9.17, 15) is 45.6 Å². The number of rotatable bonds is 60. The van der Waals surface area contributed by atoms with Gasteiger partial charge in [0.1, 0.15) is 48.8 Å². The fraction of sp³-hybridized carbons (Fsp3) is 0.827. The van der Waals surface area contributed by atoms with Gasteiger partial charge in [-0.05, 0) is 83.5 Å². The van der Waals surface area contributed by atoms with E-state index in [2.05, 4.69) is 79.9 Å². The molecule has 2 rings (SSSR count). The van der Waals surface area contributed by atoms with Gasteiger partial charge in [0.2, 0.25) is 5.91 Å². The summed E-state index contributed by atoms with van der Waals surface area (Å²) in [5.74, 6) is -0.253. The van der Waals surface area contributed by atoms with E-state index in [1.807, 2.05) is 6.08 Å². The van der Waals surface area contributed by atoms with E-state index in [1.165, 1.54) is 212 Å².